The van der Waals surface area contributed by atoms with E-state index in [1.807, 2.05) is 38.1 Å². The first-order valence-corrected chi connectivity index (χ1v) is 7.18. The van der Waals surface area contributed by atoms with E-state index in [-0.39, 0.29) is 18.1 Å². The van der Waals surface area contributed by atoms with Gasteiger partial charge in [-0.1, -0.05) is 19.8 Å². The first kappa shape index (κ1) is 16.3. The van der Waals surface area contributed by atoms with E-state index in [2.05, 4.69) is 12.2 Å². The zero-order chi connectivity index (χ0) is 15.0. The third-order valence-corrected chi connectivity index (χ3v) is 2.90. The number of hydrogen-bond donors (Lipinski definition) is 1. The van der Waals surface area contributed by atoms with Gasteiger partial charge in [-0.15, -0.1) is 0 Å². The molecule has 4 heteroatoms. The molecular formula is C16H25NO3. The Balaban J connectivity index is 2.65. The largest absolute Gasteiger partial charge is 0.491 e. The topological polar surface area (TPSA) is 47.6 Å². The summed E-state index contributed by atoms with van der Waals surface area (Å²) >= 11 is 0. The van der Waals surface area contributed by atoms with Crippen molar-refractivity contribution in [3.05, 3.63) is 24.3 Å². The maximum Gasteiger partial charge on any atom is 0.328 e. The number of ether oxygens (including phenoxy) is 2. The predicted octanol–water partition coefficient (Wildman–Crippen LogP) is 3.62. The molecule has 0 spiro atoms. The molecule has 0 aliphatic carbocycles. The molecule has 1 atom stereocenters. The van der Waals surface area contributed by atoms with Crippen LogP contribution in [0.15, 0.2) is 24.3 Å². The molecule has 4 nitrogen and oxygen atoms in total. The summed E-state index contributed by atoms with van der Waals surface area (Å²) in [5.41, 5.74) is 0.896. The van der Waals surface area contributed by atoms with Crippen molar-refractivity contribution in [1.82, 2.24) is 0 Å². The smallest absolute Gasteiger partial charge is 0.328 e. The summed E-state index contributed by atoms with van der Waals surface area (Å²) in [6.45, 7) is 6.08. The van der Waals surface area contributed by atoms with Crippen LogP contribution in [0.5, 0.6) is 5.75 Å². The van der Waals surface area contributed by atoms with E-state index in [0.29, 0.717) is 0 Å². The van der Waals surface area contributed by atoms with Crippen LogP contribution in [0.25, 0.3) is 0 Å². The number of esters is 1. The summed E-state index contributed by atoms with van der Waals surface area (Å²) in [6.07, 6.45) is 2.96. The Morgan fingerprint density at radius 3 is 2.40 bits per heavy atom. The Morgan fingerprint density at radius 2 is 1.90 bits per heavy atom. The SMILES string of the molecule is CCCCC(Nc1ccc(OC(C)C)cc1)C(=O)OC. The maximum absolute atomic E-state index is 11.7. The zero-order valence-electron chi connectivity index (χ0n) is 12.8. The highest BCUT2D eigenvalue weighted by Crippen LogP contribution is 2.19. The van der Waals surface area contributed by atoms with Crippen molar-refractivity contribution in [2.45, 2.75) is 52.2 Å². The van der Waals surface area contributed by atoms with Crippen LogP contribution in [0.2, 0.25) is 0 Å². The van der Waals surface area contributed by atoms with Gasteiger partial charge in [-0.25, -0.2) is 4.79 Å². The van der Waals surface area contributed by atoms with Gasteiger partial charge in [0.1, 0.15) is 11.8 Å². The van der Waals surface area contributed by atoms with E-state index in [1.54, 1.807) is 0 Å². The van der Waals surface area contributed by atoms with Crippen LogP contribution in [-0.2, 0) is 9.53 Å². The molecule has 0 aliphatic rings. The molecule has 0 aliphatic heterocycles. The molecule has 0 saturated carbocycles. The first-order valence-electron chi connectivity index (χ1n) is 7.18. The molecule has 1 N–H and O–H groups in total. The number of nitrogens with one attached hydrogen (secondary N) is 1. The normalized spacial score (nSPS) is 12.1. The standard InChI is InChI=1S/C16H25NO3/c1-5-6-7-15(16(18)19-4)17-13-8-10-14(11-9-13)20-12(2)3/h8-12,15,17H,5-7H2,1-4H3. The van der Waals surface area contributed by atoms with Gasteiger partial charge in [0.15, 0.2) is 0 Å². The summed E-state index contributed by atoms with van der Waals surface area (Å²) in [5.74, 6) is 0.606. The molecule has 112 valence electrons. The molecule has 0 heterocycles. The monoisotopic (exact) mass is 279 g/mol. The van der Waals surface area contributed by atoms with Crippen LogP contribution in [0, 0.1) is 0 Å². The Kier molecular flexibility index (Phi) is 6.91. The van der Waals surface area contributed by atoms with E-state index >= 15 is 0 Å². The number of benzene rings is 1. The first-order chi connectivity index (χ1) is 9.56. The molecule has 0 aromatic heterocycles. The van der Waals surface area contributed by atoms with Crippen molar-refractivity contribution < 1.29 is 14.3 Å². The number of hydrogen-bond acceptors (Lipinski definition) is 4. The van der Waals surface area contributed by atoms with Gasteiger partial charge >= 0.3 is 5.97 Å². The van der Waals surface area contributed by atoms with Crippen molar-refractivity contribution >= 4 is 11.7 Å². The van der Waals surface area contributed by atoms with E-state index in [9.17, 15) is 4.79 Å². The average Bonchev–Trinajstić information content (AvgIpc) is 2.43. The fraction of sp³-hybridized carbons (Fsp3) is 0.562. The van der Waals surface area contributed by atoms with Crippen LogP contribution in [0.4, 0.5) is 5.69 Å². The van der Waals surface area contributed by atoms with Gasteiger partial charge in [0.25, 0.3) is 0 Å². The minimum absolute atomic E-state index is 0.154. The van der Waals surface area contributed by atoms with Crippen LogP contribution >= 0.6 is 0 Å². The van der Waals surface area contributed by atoms with Crippen molar-refractivity contribution in [1.29, 1.82) is 0 Å². The van der Waals surface area contributed by atoms with E-state index in [4.69, 9.17) is 9.47 Å². The lowest BCUT2D eigenvalue weighted by atomic mass is 10.1. The van der Waals surface area contributed by atoms with Gasteiger partial charge in [0.2, 0.25) is 0 Å². The second-order valence-corrected chi connectivity index (χ2v) is 5.05. The molecule has 1 aromatic rings. The van der Waals surface area contributed by atoms with E-state index in [0.717, 1.165) is 30.7 Å². The number of methoxy groups -OCH3 is 1. The molecule has 1 rings (SSSR count). The fourth-order valence-electron chi connectivity index (χ4n) is 1.90. The summed E-state index contributed by atoms with van der Waals surface area (Å²) < 4.78 is 10.4. The van der Waals surface area contributed by atoms with E-state index in [1.165, 1.54) is 7.11 Å². The summed E-state index contributed by atoms with van der Waals surface area (Å²) in [5, 5.41) is 3.21. The van der Waals surface area contributed by atoms with Crippen LogP contribution in [0.1, 0.15) is 40.0 Å². The summed E-state index contributed by atoms with van der Waals surface area (Å²) in [4.78, 5) is 11.7. The number of carbonyl (C=O) groups excluding carboxylic acids is 1. The lowest BCUT2D eigenvalue weighted by molar-refractivity contribution is -0.141. The maximum atomic E-state index is 11.7. The van der Waals surface area contributed by atoms with Crippen molar-refractivity contribution in [2.75, 3.05) is 12.4 Å². The van der Waals surface area contributed by atoms with Gasteiger partial charge in [-0.05, 0) is 44.5 Å². The van der Waals surface area contributed by atoms with Gasteiger partial charge < -0.3 is 14.8 Å². The quantitative estimate of drug-likeness (QED) is 0.738. The van der Waals surface area contributed by atoms with Crippen molar-refractivity contribution in [3.8, 4) is 5.75 Å². The Labute approximate surface area is 121 Å². The highest BCUT2D eigenvalue weighted by Gasteiger charge is 2.18. The number of anilines is 1. The van der Waals surface area contributed by atoms with Crippen molar-refractivity contribution in [2.24, 2.45) is 0 Å². The van der Waals surface area contributed by atoms with Gasteiger partial charge in [0.05, 0.1) is 13.2 Å². The van der Waals surface area contributed by atoms with Gasteiger partial charge in [-0.3, -0.25) is 0 Å². The third-order valence-electron chi connectivity index (χ3n) is 2.90. The van der Waals surface area contributed by atoms with Gasteiger partial charge in [-0.2, -0.15) is 0 Å². The van der Waals surface area contributed by atoms with Crippen LogP contribution in [0.3, 0.4) is 0 Å². The molecular weight excluding hydrogens is 254 g/mol. The molecule has 0 bridgehead atoms. The number of unbranched alkanes of at least 4 members (excludes halogenated alkanes) is 1. The molecule has 0 amide bonds. The Bertz CT molecular complexity index is 401. The Hall–Kier alpha value is -1.71. The number of rotatable bonds is 8. The minimum Gasteiger partial charge on any atom is -0.491 e. The molecule has 1 aromatic carbocycles. The van der Waals surface area contributed by atoms with Crippen molar-refractivity contribution in [3.63, 3.8) is 0 Å². The fourth-order valence-corrected chi connectivity index (χ4v) is 1.90. The molecule has 1 unspecified atom stereocenters. The van der Waals surface area contributed by atoms with Crippen LogP contribution < -0.4 is 10.1 Å². The predicted molar refractivity (Wildman–Crippen MR) is 81.2 cm³/mol. The molecule has 20 heavy (non-hydrogen) atoms. The second kappa shape index (κ2) is 8.46. The third kappa shape index (κ3) is 5.51. The van der Waals surface area contributed by atoms with Crippen LogP contribution in [-0.4, -0.2) is 25.2 Å². The summed E-state index contributed by atoms with van der Waals surface area (Å²) in [7, 11) is 1.42. The number of carbonyl (C=O) groups is 1. The second-order valence-electron chi connectivity index (χ2n) is 5.05. The lowest BCUT2D eigenvalue weighted by Gasteiger charge is -2.18. The Morgan fingerprint density at radius 1 is 1.25 bits per heavy atom. The highest BCUT2D eigenvalue weighted by molar-refractivity contribution is 5.79. The lowest BCUT2D eigenvalue weighted by Crippen LogP contribution is -2.30. The summed E-state index contributed by atoms with van der Waals surface area (Å²) in [6, 6.07) is 7.34. The highest BCUT2D eigenvalue weighted by atomic mass is 16.5. The molecule has 0 saturated heterocycles. The molecule has 0 fully saturated rings. The minimum atomic E-state index is -0.295. The van der Waals surface area contributed by atoms with E-state index < -0.39 is 0 Å². The molecule has 0 radical (unpaired) electrons. The average molecular weight is 279 g/mol. The van der Waals surface area contributed by atoms with Gasteiger partial charge in [0, 0.05) is 5.69 Å². The zero-order valence-corrected chi connectivity index (χ0v) is 12.8.